The third-order valence-electron chi connectivity index (χ3n) is 1.85. The zero-order valence-electron chi connectivity index (χ0n) is 7.28. The zero-order valence-corrected chi connectivity index (χ0v) is 7.28. The molecule has 0 saturated carbocycles. The van der Waals surface area contributed by atoms with E-state index >= 15 is 0 Å². The van der Waals surface area contributed by atoms with Gasteiger partial charge in [0.1, 0.15) is 11.5 Å². The number of imidazole rings is 1. The summed E-state index contributed by atoms with van der Waals surface area (Å²) in [6, 6.07) is 0.446. The lowest BCUT2D eigenvalue weighted by Gasteiger charge is -2.01. The van der Waals surface area contributed by atoms with Gasteiger partial charge in [0, 0.05) is 19.3 Å². The Labute approximate surface area is 71.3 Å². The SMILES string of the molecule is CC1CN=C(c2cn(C)cn2)N1. The number of hydrogen-bond acceptors (Lipinski definition) is 3. The van der Waals surface area contributed by atoms with Crippen molar-refractivity contribution in [3.8, 4) is 0 Å². The molecule has 1 aliphatic rings. The molecule has 2 rings (SSSR count). The molecule has 1 aromatic rings. The second-order valence-electron chi connectivity index (χ2n) is 3.16. The Bertz CT molecular complexity index is 313. The molecule has 0 bridgehead atoms. The minimum absolute atomic E-state index is 0.446. The molecule has 1 atom stereocenters. The van der Waals surface area contributed by atoms with Crippen molar-refractivity contribution in [3.05, 3.63) is 18.2 Å². The highest BCUT2D eigenvalue weighted by atomic mass is 15.1. The number of aliphatic imine (C=N–C) groups is 1. The predicted molar refractivity (Wildman–Crippen MR) is 47.2 cm³/mol. The summed E-state index contributed by atoms with van der Waals surface area (Å²) in [6.45, 7) is 2.96. The van der Waals surface area contributed by atoms with E-state index < -0.39 is 0 Å². The van der Waals surface area contributed by atoms with E-state index in [4.69, 9.17) is 0 Å². The second kappa shape index (κ2) is 2.62. The number of nitrogens with one attached hydrogen (secondary N) is 1. The van der Waals surface area contributed by atoms with E-state index in [1.807, 2.05) is 17.8 Å². The van der Waals surface area contributed by atoms with Crippen molar-refractivity contribution in [1.82, 2.24) is 14.9 Å². The van der Waals surface area contributed by atoms with Gasteiger partial charge < -0.3 is 9.88 Å². The molecule has 12 heavy (non-hydrogen) atoms. The molecule has 1 aromatic heterocycles. The Kier molecular flexibility index (Phi) is 1.60. The molecule has 0 aliphatic carbocycles. The second-order valence-corrected chi connectivity index (χ2v) is 3.16. The highest BCUT2D eigenvalue weighted by Crippen LogP contribution is 2.02. The summed E-state index contributed by atoms with van der Waals surface area (Å²) in [4.78, 5) is 8.53. The minimum atomic E-state index is 0.446. The van der Waals surface area contributed by atoms with Crippen LogP contribution in [0.15, 0.2) is 17.5 Å². The average molecular weight is 164 g/mol. The standard InChI is InChI=1S/C8H12N4/c1-6-3-9-8(11-6)7-4-12(2)5-10-7/h4-6H,3H2,1-2H3,(H,9,11). The van der Waals surface area contributed by atoms with Gasteiger partial charge in [0.25, 0.3) is 0 Å². The molecule has 0 radical (unpaired) electrons. The number of aryl methyl sites for hydroxylation is 1. The molecule has 1 aliphatic heterocycles. The van der Waals surface area contributed by atoms with Crippen LogP contribution in [0.3, 0.4) is 0 Å². The molecule has 1 unspecified atom stereocenters. The van der Waals surface area contributed by atoms with E-state index in [9.17, 15) is 0 Å². The molecule has 4 nitrogen and oxygen atoms in total. The summed E-state index contributed by atoms with van der Waals surface area (Å²) < 4.78 is 1.92. The minimum Gasteiger partial charge on any atom is -0.364 e. The fourth-order valence-electron chi connectivity index (χ4n) is 1.24. The maximum Gasteiger partial charge on any atom is 0.149 e. The highest BCUT2D eigenvalue weighted by Gasteiger charge is 2.15. The highest BCUT2D eigenvalue weighted by molar-refractivity contribution is 5.98. The van der Waals surface area contributed by atoms with Gasteiger partial charge in [-0.1, -0.05) is 0 Å². The molecule has 0 amide bonds. The predicted octanol–water partition coefficient (Wildman–Crippen LogP) is 0.158. The van der Waals surface area contributed by atoms with Crippen LogP contribution in [0.25, 0.3) is 0 Å². The third kappa shape index (κ3) is 1.20. The van der Waals surface area contributed by atoms with E-state index in [1.54, 1.807) is 6.33 Å². The summed E-state index contributed by atoms with van der Waals surface area (Å²) in [5.41, 5.74) is 0.932. The van der Waals surface area contributed by atoms with Crippen molar-refractivity contribution in [1.29, 1.82) is 0 Å². The normalized spacial score (nSPS) is 22.2. The van der Waals surface area contributed by atoms with Crippen LogP contribution in [-0.4, -0.2) is 28.0 Å². The van der Waals surface area contributed by atoms with Crippen LogP contribution in [0, 0.1) is 0 Å². The van der Waals surface area contributed by atoms with Gasteiger partial charge in [-0.25, -0.2) is 4.98 Å². The molecule has 4 heteroatoms. The van der Waals surface area contributed by atoms with Gasteiger partial charge in [-0.05, 0) is 6.92 Å². The zero-order chi connectivity index (χ0) is 8.55. The van der Waals surface area contributed by atoms with Crippen LogP contribution in [-0.2, 0) is 7.05 Å². The fraction of sp³-hybridized carbons (Fsp3) is 0.500. The Balaban J connectivity index is 2.21. The van der Waals surface area contributed by atoms with Gasteiger partial charge in [0.2, 0.25) is 0 Å². The van der Waals surface area contributed by atoms with Crippen LogP contribution < -0.4 is 5.32 Å². The molecule has 64 valence electrons. The number of nitrogens with zero attached hydrogens (tertiary/aromatic N) is 3. The maximum atomic E-state index is 4.33. The van der Waals surface area contributed by atoms with Crippen LogP contribution in [0.1, 0.15) is 12.6 Å². The molecule has 0 saturated heterocycles. The maximum absolute atomic E-state index is 4.33. The van der Waals surface area contributed by atoms with Crippen molar-refractivity contribution in [2.24, 2.45) is 12.0 Å². The first-order valence-corrected chi connectivity index (χ1v) is 4.05. The largest absolute Gasteiger partial charge is 0.364 e. The molecular formula is C8H12N4. The summed E-state index contributed by atoms with van der Waals surface area (Å²) in [5, 5.41) is 3.26. The van der Waals surface area contributed by atoms with Gasteiger partial charge in [-0.2, -0.15) is 0 Å². The first kappa shape index (κ1) is 7.34. The summed E-state index contributed by atoms with van der Waals surface area (Å²) in [5.74, 6) is 0.920. The summed E-state index contributed by atoms with van der Waals surface area (Å²) in [6.07, 6.45) is 3.74. The molecule has 1 N–H and O–H groups in total. The van der Waals surface area contributed by atoms with Gasteiger partial charge >= 0.3 is 0 Å². The third-order valence-corrected chi connectivity index (χ3v) is 1.85. The van der Waals surface area contributed by atoms with E-state index in [-0.39, 0.29) is 0 Å². The topological polar surface area (TPSA) is 42.2 Å². The first-order valence-electron chi connectivity index (χ1n) is 4.05. The quantitative estimate of drug-likeness (QED) is 0.642. The van der Waals surface area contributed by atoms with Crippen molar-refractivity contribution in [2.75, 3.05) is 6.54 Å². The molecular weight excluding hydrogens is 152 g/mol. The van der Waals surface area contributed by atoms with Gasteiger partial charge in [-0.15, -0.1) is 0 Å². The van der Waals surface area contributed by atoms with Gasteiger partial charge in [-0.3, -0.25) is 4.99 Å². The lowest BCUT2D eigenvalue weighted by Crippen LogP contribution is -2.27. The van der Waals surface area contributed by atoms with Gasteiger partial charge in [0.05, 0.1) is 12.9 Å². The van der Waals surface area contributed by atoms with Crippen molar-refractivity contribution in [2.45, 2.75) is 13.0 Å². The average Bonchev–Trinajstić information content (AvgIpc) is 2.58. The number of aromatic nitrogens is 2. The van der Waals surface area contributed by atoms with E-state index in [1.165, 1.54) is 0 Å². The molecule has 0 aromatic carbocycles. The lowest BCUT2D eigenvalue weighted by molar-refractivity contribution is 0.725. The van der Waals surface area contributed by atoms with Crippen molar-refractivity contribution < 1.29 is 0 Å². The van der Waals surface area contributed by atoms with E-state index in [2.05, 4.69) is 22.2 Å². The van der Waals surface area contributed by atoms with Crippen LogP contribution in [0.2, 0.25) is 0 Å². The van der Waals surface area contributed by atoms with Gasteiger partial charge in [0.15, 0.2) is 0 Å². The smallest absolute Gasteiger partial charge is 0.149 e. The number of amidine groups is 1. The van der Waals surface area contributed by atoms with Crippen molar-refractivity contribution >= 4 is 5.84 Å². The van der Waals surface area contributed by atoms with Crippen molar-refractivity contribution in [3.63, 3.8) is 0 Å². The number of hydrogen-bond donors (Lipinski definition) is 1. The number of rotatable bonds is 1. The Morgan fingerprint density at radius 2 is 2.50 bits per heavy atom. The summed E-state index contributed by atoms with van der Waals surface area (Å²) >= 11 is 0. The Morgan fingerprint density at radius 3 is 3.00 bits per heavy atom. The Morgan fingerprint density at radius 1 is 1.67 bits per heavy atom. The van der Waals surface area contributed by atoms with E-state index in [0.717, 1.165) is 18.1 Å². The van der Waals surface area contributed by atoms with Crippen LogP contribution in [0.5, 0.6) is 0 Å². The fourth-order valence-corrected chi connectivity index (χ4v) is 1.24. The first-order chi connectivity index (χ1) is 5.75. The lowest BCUT2D eigenvalue weighted by atomic mass is 10.3. The molecule has 0 spiro atoms. The van der Waals surface area contributed by atoms with E-state index in [0.29, 0.717) is 6.04 Å². The van der Waals surface area contributed by atoms with Crippen LogP contribution in [0.4, 0.5) is 0 Å². The monoisotopic (exact) mass is 164 g/mol. The molecule has 2 heterocycles. The Hall–Kier alpha value is -1.32. The summed E-state index contributed by atoms with van der Waals surface area (Å²) in [7, 11) is 1.95. The molecule has 0 fully saturated rings. The van der Waals surface area contributed by atoms with Crippen LogP contribution >= 0.6 is 0 Å².